The highest BCUT2D eigenvalue weighted by Crippen LogP contribution is 2.03. The third kappa shape index (κ3) is 5.68. The molecule has 0 aromatic carbocycles. The minimum absolute atomic E-state index is 0.148. The Balaban J connectivity index is 2.24. The number of hydrogen-bond donors (Lipinski definition) is 3. The number of rotatable bonds is 8. The highest BCUT2D eigenvalue weighted by Gasteiger charge is 2.22. The van der Waals surface area contributed by atoms with E-state index in [-0.39, 0.29) is 29.9 Å². The van der Waals surface area contributed by atoms with Gasteiger partial charge in [-0.1, -0.05) is 13.8 Å². The molecule has 0 fully saturated rings. The van der Waals surface area contributed by atoms with E-state index in [2.05, 4.69) is 10.6 Å². The van der Waals surface area contributed by atoms with Crippen molar-refractivity contribution < 1.29 is 23.9 Å². The van der Waals surface area contributed by atoms with Crippen LogP contribution in [0.15, 0.2) is 22.8 Å². The molecular weight excluding hydrogens is 276 g/mol. The molecule has 1 heterocycles. The number of carboxylic acid groups (broad SMARTS) is 1. The Morgan fingerprint density at radius 3 is 2.57 bits per heavy atom. The molecule has 1 atom stereocenters. The van der Waals surface area contributed by atoms with Crippen LogP contribution in [0.3, 0.4) is 0 Å². The number of hydrogen-bond acceptors (Lipinski definition) is 4. The van der Waals surface area contributed by atoms with E-state index in [1.165, 1.54) is 6.26 Å². The molecule has 0 saturated heterocycles. The van der Waals surface area contributed by atoms with Gasteiger partial charge in [0, 0.05) is 13.0 Å². The van der Waals surface area contributed by atoms with E-state index < -0.39 is 12.0 Å². The quantitative estimate of drug-likeness (QED) is 0.620. The number of carbonyl (C=O) groups excluding carboxylic acids is 2. The number of amides is 2. The molecule has 116 valence electrons. The Morgan fingerprint density at radius 1 is 1.33 bits per heavy atom. The van der Waals surface area contributed by atoms with Crippen LogP contribution in [-0.2, 0) is 9.59 Å². The van der Waals surface area contributed by atoms with Gasteiger partial charge in [-0.15, -0.1) is 0 Å². The minimum atomic E-state index is -1.05. The summed E-state index contributed by atoms with van der Waals surface area (Å²) in [5.74, 6) is -1.71. The minimum Gasteiger partial charge on any atom is -0.480 e. The summed E-state index contributed by atoms with van der Waals surface area (Å²) in [5, 5.41) is 14.0. The Hall–Kier alpha value is -2.31. The van der Waals surface area contributed by atoms with Crippen molar-refractivity contribution in [2.75, 3.05) is 6.54 Å². The molecule has 7 heteroatoms. The third-order valence-corrected chi connectivity index (χ3v) is 2.86. The maximum atomic E-state index is 11.6. The zero-order chi connectivity index (χ0) is 15.8. The molecule has 1 unspecified atom stereocenters. The molecule has 1 aromatic rings. The monoisotopic (exact) mass is 296 g/mol. The molecule has 1 rings (SSSR count). The van der Waals surface area contributed by atoms with Crippen molar-refractivity contribution >= 4 is 17.8 Å². The van der Waals surface area contributed by atoms with Gasteiger partial charge in [0.15, 0.2) is 5.76 Å². The second-order valence-electron chi connectivity index (χ2n) is 4.96. The Kier molecular flexibility index (Phi) is 6.45. The predicted molar refractivity (Wildman–Crippen MR) is 74.7 cm³/mol. The fourth-order valence-corrected chi connectivity index (χ4v) is 1.70. The molecule has 0 aliphatic carbocycles. The number of nitrogens with one attached hydrogen (secondary N) is 2. The first-order valence-corrected chi connectivity index (χ1v) is 6.75. The van der Waals surface area contributed by atoms with Crippen LogP contribution in [0.4, 0.5) is 0 Å². The Labute approximate surface area is 122 Å². The van der Waals surface area contributed by atoms with E-state index in [1.54, 1.807) is 26.0 Å². The van der Waals surface area contributed by atoms with Gasteiger partial charge < -0.3 is 20.2 Å². The van der Waals surface area contributed by atoms with Crippen molar-refractivity contribution in [3.8, 4) is 0 Å². The van der Waals surface area contributed by atoms with Crippen LogP contribution in [0.1, 0.15) is 37.2 Å². The van der Waals surface area contributed by atoms with Crippen molar-refractivity contribution in [2.45, 2.75) is 32.7 Å². The maximum absolute atomic E-state index is 11.6. The van der Waals surface area contributed by atoms with Crippen LogP contribution in [0, 0.1) is 5.92 Å². The van der Waals surface area contributed by atoms with Crippen molar-refractivity contribution in [1.29, 1.82) is 0 Å². The topological polar surface area (TPSA) is 109 Å². The first-order valence-electron chi connectivity index (χ1n) is 6.75. The van der Waals surface area contributed by atoms with Crippen LogP contribution in [-0.4, -0.2) is 35.5 Å². The Bertz CT molecular complexity index is 482. The Morgan fingerprint density at radius 2 is 2.05 bits per heavy atom. The van der Waals surface area contributed by atoms with Gasteiger partial charge in [0.05, 0.1) is 6.26 Å². The van der Waals surface area contributed by atoms with E-state index in [4.69, 9.17) is 9.52 Å². The molecule has 3 N–H and O–H groups in total. The van der Waals surface area contributed by atoms with Gasteiger partial charge >= 0.3 is 5.97 Å². The largest absolute Gasteiger partial charge is 0.480 e. The number of carbonyl (C=O) groups is 3. The van der Waals surface area contributed by atoms with Crippen LogP contribution in [0.5, 0.6) is 0 Å². The number of furan rings is 1. The lowest BCUT2D eigenvalue weighted by atomic mass is 10.0. The van der Waals surface area contributed by atoms with E-state index in [0.717, 1.165) is 0 Å². The average Bonchev–Trinajstić information content (AvgIpc) is 2.94. The first-order chi connectivity index (χ1) is 9.91. The normalized spacial score (nSPS) is 12.0. The highest BCUT2D eigenvalue weighted by atomic mass is 16.4. The van der Waals surface area contributed by atoms with Crippen LogP contribution < -0.4 is 10.6 Å². The fraction of sp³-hybridized carbons (Fsp3) is 0.500. The molecule has 1 aromatic heterocycles. The van der Waals surface area contributed by atoms with Crippen molar-refractivity contribution in [2.24, 2.45) is 5.92 Å². The van der Waals surface area contributed by atoms with Crippen molar-refractivity contribution in [3.05, 3.63) is 24.2 Å². The molecule has 0 spiro atoms. The zero-order valence-electron chi connectivity index (χ0n) is 12.1. The standard InChI is InChI=1S/C14H20N2O5/c1-9(2)12(14(19)20)16-11(17)6-3-7-15-13(18)10-5-4-8-21-10/h4-5,8-9,12H,3,6-7H2,1-2H3,(H,15,18)(H,16,17)(H,19,20). The molecule has 0 bridgehead atoms. The van der Waals surface area contributed by atoms with E-state index in [1.807, 2.05) is 0 Å². The summed E-state index contributed by atoms with van der Waals surface area (Å²) in [6.07, 6.45) is 1.97. The van der Waals surface area contributed by atoms with Gasteiger partial charge in [0.2, 0.25) is 5.91 Å². The number of aliphatic carboxylic acids is 1. The van der Waals surface area contributed by atoms with Crippen LogP contribution >= 0.6 is 0 Å². The highest BCUT2D eigenvalue weighted by molar-refractivity contribution is 5.91. The van der Waals surface area contributed by atoms with E-state index in [0.29, 0.717) is 13.0 Å². The van der Waals surface area contributed by atoms with Crippen molar-refractivity contribution in [3.63, 3.8) is 0 Å². The summed E-state index contributed by atoms with van der Waals surface area (Å²) in [7, 11) is 0. The lowest BCUT2D eigenvalue weighted by Crippen LogP contribution is -2.44. The molecule has 21 heavy (non-hydrogen) atoms. The van der Waals surface area contributed by atoms with Crippen molar-refractivity contribution in [1.82, 2.24) is 10.6 Å². The van der Waals surface area contributed by atoms with Crippen LogP contribution in [0.25, 0.3) is 0 Å². The maximum Gasteiger partial charge on any atom is 0.326 e. The van der Waals surface area contributed by atoms with Gasteiger partial charge in [0.1, 0.15) is 6.04 Å². The van der Waals surface area contributed by atoms with Gasteiger partial charge in [-0.05, 0) is 24.5 Å². The second kappa shape index (κ2) is 8.08. The predicted octanol–water partition coefficient (Wildman–Crippen LogP) is 1.01. The van der Waals surface area contributed by atoms with E-state index >= 15 is 0 Å². The SMILES string of the molecule is CC(C)C(NC(=O)CCCNC(=O)c1ccco1)C(=O)O. The average molecular weight is 296 g/mol. The van der Waals surface area contributed by atoms with Gasteiger partial charge in [-0.3, -0.25) is 9.59 Å². The van der Waals surface area contributed by atoms with Gasteiger partial charge in [-0.25, -0.2) is 4.79 Å². The second-order valence-corrected chi connectivity index (χ2v) is 4.96. The summed E-state index contributed by atoms with van der Waals surface area (Å²) in [5.41, 5.74) is 0. The lowest BCUT2D eigenvalue weighted by Gasteiger charge is -2.17. The number of carboxylic acids is 1. The third-order valence-electron chi connectivity index (χ3n) is 2.86. The molecule has 0 aliphatic heterocycles. The fourth-order valence-electron chi connectivity index (χ4n) is 1.70. The molecular formula is C14H20N2O5. The molecule has 7 nitrogen and oxygen atoms in total. The summed E-state index contributed by atoms with van der Waals surface area (Å²) >= 11 is 0. The molecule has 0 saturated carbocycles. The molecule has 2 amide bonds. The molecule has 0 aliphatic rings. The zero-order valence-corrected chi connectivity index (χ0v) is 12.1. The summed E-state index contributed by atoms with van der Waals surface area (Å²) < 4.78 is 4.92. The van der Waals surface area contributed by atoms with Gasteiger partial charge in [0.25, 0.3) is 5.91 Å². The summed E-state index contributed by atoms with van der Waals surface area (Å²) in [4.78, 5) is 34.1. The van der Waals surface area contributed by atoms with E-state index in [9.17, 15) is 14.4 Å². The summed E-state index contributed by atoms with van der Waals surface area (Å²) in [6.45, 7) is 3.76. The molecule has 0 radical (unpaired) electrons. The lowest BCUT2D eigenvalue weighted by molar-refractivity contribution is -0.143. The van der Waals surface area contributed by atoms with Crippen LogP contribution in [0.2, 0.25) is 0 Å². The smallest absolute Gasteiger partial charge is 0.326 e. The summed E-state index contributed by atoms with van der Waals surface area (Å²) in [6, 6.07) is 2.26. The first kappa shape index (κ1) is 16.7. The van der Waals surface area contributed by atoms with Gasteiger partial charge in [-0.2, -0.15) is 0 Å².